The maximum Gasteiger partial charge on any atom is 0.239 e. The lowest BCUT2D eigenvalue weighted by Crippen LogP contribution is -2.29. The summed E-state index contributed by atoms with van der Waals surface area (Å²) in [6.07, 6.45) is 5.21. The molecule has 0 aliphatic carbocycles. The summed E-state index contributed by atoms with van der Waals surface area (Å²) in [5, 5.41) is 5.95. The molecule has 2 N–H and O–H groups in total. The van der Waals surface area contributed by atoms with Gasteiger partial charge in [0.25, 0.3) is 0 Å². The number of amides is 1. The van der Waals surface area contributed by atoms with Gasteiger partial charge in [-0.05, 0) is 42.0 Å². The number of nitrogens with one attached hydrogen (secondary N) is 2. The van der Waals surface area contributed by atoms with E-state index in [0.29, 0.717) is 6.54 Å². The number of hydrogen-bond donors (Lipinski definition) is 2. The molecule has 4 rings (SSSR count). The van der Waals surface area contributed by atoms with E-state index >= 15 is 0 Å². The van der Waals surface area contributed by atoms with Gasteiger partial charge in [-0.15, -0.1) is 0 Å². The topological polar surface area (TPSA) is 71.8 Å². The second kappa shape index (κ2) is 7.70. The van der Waals surface area contributed by atoms with E-state index < -0.39 is 0 Å². The summed E-state index contributed by atoms with van der Waals surface area (Å²) in [4.78, 5) is 20.4. The van der Waals surface area contributed by atoms with Gasteiger partial charge in [0.15, 0.2) is 0 Å². The van der Waals surface area contributed by atoms with Gasteiger partial charge < -0.3 is 10.6 Å². The standard InChI is InChI=1S/C21H19N5O/c27-21(14-23-17-4-3-11-22-13-17)24-12-16-7-9-18(10-8-16)26-15-25-19-5-1-2-6-20(19)26/h1-11,13,15,23H,12,14H2,(H,24,27). The molecule has 0 saturated carbocycles. The molecule has 6 heteroatoms. The van der Waals surface area contributed by atoms with Gasteiger partial charge in [0.2, 0.25) is 5.91 Å². The number of carbonyl (C=O) groups is 1. The van der Waals surface area contributed by atoms with Gasteiger partial charge in [-0.1, -0.05) is 24.3 Å². The summed E-state index contributed by atoms with van der Waals surface area (Å²) < 4.78 is 2.05. The van der Waals surface area contributed by atoms with Crippen molar-refractivity contribution >= 4 is 22.6 Å². The molecule has 0 unspecified atom stereocenters. The van der Waals surface area contributed by atoms with Crippen molar-refractivity contribution in [1.29, 1.82) is 0 Å². The molecule has 4 aromatic rings. The molecular formula is C21H19N5O. The van der Waals surface area contributed by atoms with E-state index in [1.54, 1.807) is 12.4 Å². The summed E-state index contributed by atoms with van der Waals surface area (Å²) >= 11 is 0. The monoisotopic (exact) mass is 357 g/mol. The number of nitrogens with zero attached hydrogens (tertiary/aromatic N) is 3. The Morgan fingerprint density at radius 2 is 1.85 bits per heavy atom. The largest absolute Gasteiger partial charge is 0.375 e. The molecule has 0 radical (unpaired) electrons. The van der Waals surface area contributed by atoms with Crippen LogP contribution in [-0.4, -0.2) is 27.0 Å². The van der Waals surface area contributed by atoms with Gasteiger partial charge in [-0.25, -0.2) is 4.98 Å². The first-order valence-electron chi connectivity index (χ1n) is 8.71. The molecule has 2 aromatic heterocycles. The second-order valence-electron chi connectivity index (χ2n) is 6.14. The number of para-hydroxylation sites is 2. The third-order valence-electron chi connectivity index (χ3n) is 4.27. The van der Waals surface area contributed by atoms with Gasteiger partial charge in [0.05, 0.1) is 23.3 Å². The van der Waals surface area contributed by atoms with Crippen molar-refractivity contribution < 1.29 is 4.79 Å². The summed E-state index contributed by atoms with van der Waals surface area (Å²) in [6, 6.07) is 19.8. The summed E-state index contributed by atoms with van der Waals surface area (Å²) in [5.74, 6) is -0.0662. The van der Waals surface area contributed by atoms with Crippen molar-refractivity contribution in [3.63, 3.8) is 0 Å². The lowest BCUT2D eigenvalue weighted by atomic mass is 10.2. The first-order chi connectivity index (χ1) is 13.3. The van der Waals surface area contributed by atoms with E-state index in [4.69, 9.17) is 0 Å². The van der Waals surface area contributed by atoms with Crippen molar-refractivity contribution in [3.8, 4) is 5.69 Å². The zero-order valence-electron chi connectivity index (χ0n) is 14.7. The van der Waals surface area contributed by atoms with Gasteiger partial charge in [-0.2, -0.15) is 0 Å². The number of benzene rings is 2. The highest BCUT2D eigenvalue weighted by atomic mass is 16.1. The lowest BCUT2D eigenvalue weighted by molar-refractivity contribution is -0.119. The predicted molar refractivity (Wildman–Crippen MR) is 106 cm³/mol. The first-order valence-corrected chi connectivity index (χ1v) is 8.71. The normalized spacial score (nSPS) is 10.7. The Hall–Kier alpha value is -3.67. The Kier molecular flexibility index (Phi) is 4.78. The Bertz CT molecular complexity index is 1040. The van der Waals surface area contributed by atoms with E-state index in [9.17, 15) is 4.79 Å². The van der Waals surface area contributed by atoms with E-state index in [-0.39, 0.29) is 12.5 Å². The molecule has 1 amide bonds. The number of rotatable bonds is 6. The molecule has 6 nitrogen and oxygen atoms in total. The van der Waals surface area contributed by atoms with E-state index in [2.05, 4.69) is 25.2 Å². The van der Waals surface area contributed by atoms with Crippen LogP contribution in [0.2, 0.25) is 0 Å². The van der Waals surface area contributed by atoms with Crippen molar-refractivity contribution in [2.24, 2.45) is 0 Å². The minimum atomic E-state index is -0.0662. The number of imidazole rings is 1. The minimum absolute atomic E-state index is 0.0662. The molecule has 2 aromatic carbocycles. The van der Waals surface area contributed by atoms with Crippen LogP contribution in [-0.2, 0) is 11.3 Å². The zero-order valence-corrected chi connectivity index (χ0v) is 14.7. The molecule has 0 bridgehead atoms. The summed E-state index contributed by atoms with van der Waals surface area (Å²) in [7, 11) is 0. The van der Waals surface area contributed by atoms with Gasteiger partial charge in [0.1, 0.15) is 6.33 Å². The number of pyridine rings is 1. The molecule has 27 heavy (non-hydrogen) atoms. The first kappa shape index (κ1) is 16.8. The van der Waals surface area contributed by atoms with Crippen molar-refractivity contribution in [2.75, 3.05) is 11.9 Å². The van der Waals surface area contributed by atoms with Crippen LogP contribution in [0.4, 0.5) is 5.69 Å². The summed E-state index contributed by atoms with van der Waals surface area (Å²) in [5.41, 5.74) is 4.94. The van der Waals surface area contributed by atoms with Crippen LogP contribution in [0.25, 0.3) is 16.7 Å². The molecule has 134 valence electrons. The van der Waals surface area contributed by atoms with E-state index in [0.717, 1.165) is 28.0 Å². The van der Waals surface area contributed by atoms with Crippen molar-refractivity contribution in [3.05, 3.63) is 84.9 Å². The lowest BCUT2D eigenvalue weighted by Gasteiger charge is -2.09. The molecule has 0 aliphatic heterocycles. The van der Waals surface area contributed by atoms with Crippen LogP contribution >= 0.6 is 0 Å². The number of carbonyl (C=O) groups excluding carboxylic acids is 1. The molecular weight excluding hydrogens is 338 g/mol. The van der Waals surface area contributed by atoms with Gasteiger partial charge in [-0.3, -0.25) is 14.3 Å². The fourth-order valence-electron chi connectivity index (χ4n) is 2.85. The van der Waals surface area contributed by atoms with Crippen LogP contribution in [0.5, 0.6) is 0 Å². The minimum Gasteiger partial charge on any atom is -0.375 e. The highest BCUT2D eigenvalue weighted by molar-refractivity contribution is 5.80. The van der Waals surface area contributed by atoms with Gasteiger partial charge >= 0.3 is 0 Å². The van der Waals surface area contributed by atoms with Crippen LogP contribution in [0, 0.1) is 0 Å². The smallest absolute Gasteiger partial charge is 0.239 e. The molecule has 2 heterocycles. The van der Waals surface area contributed by atoms with Crippen molar-refractivity contribution in [1.82, 2.24) is 19.9 Å². The average Bonchev–Trinajstić information content (AvgIpc) is 3.16. The molecule has 0 saturated heterocycles. The second-order valence-corrected chi connectivity index (χ2v) is 6.14. The highest BCUT2D eigenvalue weighted by Crippen LogP contribution is 2.18. The zero-order chi connectivity index (χ0) is 18.5. The molecule has 0 aliphatic rings. The average molecular weight is 357 g/mol. The van der Waals surface area contributed by atoms with E-state index in [1.807, 2.05) is 67.0 Å². The van der Waals surface area contributed by atoms with Crippen LogP contribution < -0.4 is 10.6 Å². The number of anilines is 1. The Morgan fingerprint density at radius 3 is 2.67 bits per heavy atom. The Balaban J connectivity index is 1.35. The fourth-order valence-corrected chi connectivity index (χ4v) is 2.85. The molecule has 0 atom stereocenters. The Morgan fingerprint density at radius 1 is 1.00 bits per heavy atom. The number of fused-ring (bicyclic) bond motifs is 1. The fraction of sp³-hybridized carbons (Fsp3) is 0.0952. The summed E-state index contributed by atoms with van der Waals surface area (Å²) in [6.45, 7) is 0.698. The van der Waals surface area contributed by atoms with E-state index in [1.165, 1.54) is 0 Å². The number of hydrogen-bond acceptors (Lipinski definition) is 4. The maximum absolute atomic E-state index is 12.0. The SMILES string of the molecule is O=C(CNc1cccnc1)NCc1ccc(-n2cnc3ccccc32)cc1. The third-order valence-corrected chi connectivity index (χ3v) is 4.27. The van der Waals surface area contributed by atoms with Gasteiger partial charge in [0, 0.05) is 24.6 Å². The van der Waals surface area contributed by atoms with Crippen LogP contribution in [0.3, 0.4) is 0 Å². The Labute approximate surface area is 156 Å². The molecule has 0 spiro atoms. The van der Waals surface area contributed by atoms with Crippen LogP contribution in [0.15, 0.2) is 79.4 Å². The highest BCUT2D eigenvalue weighted by Gasteiger charge is 2.05. The maximum atomic E-state index is 12.0. The van der Waals surface area contributed by atoms with Crippen molar-refractivity contribution in [2.45, 2.75) is 6.54 Å². The third kappa shape index (κ3) is 3.95. The molecule has 0 fully saturated rings. The van der Waals surface area contributed by atoms with Crippen LogP contribution in [0.1, 0.15) is 5.56 Å². The quantitative estimate of drug-likeness (QED) is 0.556. The number of aromatic nitrogens is 3. The predicted octanol–water partition coefficient (Wildman–Crippen LogP) is 3.15.